The van der Waals surface area contributed by atoms with Gasteiger partial charge in [0.1, 0.15) is 5.84 Å². The van der Waals surface area contributed by atoms with Crippen molar-refractivity contribution < 1.29 is 0 Å². The molecule has 4 heteroatoms. The number of hydrogen-bond acceptors (Lipinski definition) is 2. The van der Waals surface area contributed by atoms with Crippen molar-refractivity contribution in [1.82, 2.24) is 0 Å². The average molecular weight is 198 g/mol. The van der Waals surface area contributed by atoms with Gasteiger partial charge in [0, 0.05) is 6.42 Å². The van der Waals surface area contributed by atoms with Crippen molar-refractivity contribution in [2.24, 2.45) is 26.9 Å². The van der Waals surface area contributed by atoms with E-state index in [-0.39, 0.29) is 10.8 Å². The van der Waals surface area contributed by atoms with Crippen LogP contribution in [0.3, 0.4) is 0 Å². The Morgan fingerprint density at radius 3 is 2.07 bits per heavy atom. The third-order valence-corrected chi connectivity index (χ3v) is 3.52. The summed E-state index contributed by atoms with van der Waals surface area (Å²) >= 11 is 0. The molecule has 0 aliphatic heterocycles. The maximum atomic E-state index is 6.60. The van der Waals surface area contributed by atoms with Gasteiger partial charge in [-0.15, -0.1) is 5.10 Å². The Morgan fingerprint density at radius 2 is 1.71 bits per heavy atom. The van der Waals surface area contributed by atoms with Gasteiger partial charge in [-0.3, -0.25) is 0 Å². The minimum absolute atomic E-state index is 0.0695. The zero-order chi connectivity index (χ0) is 11.4. The van der Waals surface area contributed by atoms with E-state index < -0.39 is 0 Å². The molecule has 3 N–H and O–H groups in total. The van der Waals surface area contributed by atoms with Gasteiger partial charge in [0.15, 0.2) is 0 Å². The lowest BCUT2D eigenvalue weighted by atomic mass is 9.64. The van der Waals surface area contributed by atoms with Crippen molar-refractivity contribution >= 4 is 5.84 Å². The molecule has 4 nitrogen and oxygen atoms in total. The summed E-state index contributed by atoms with van der Waals surface area (Å²) in [6, 6.07) is 0. The summed E-state index contributed by atoms with van der Waals surface area (Å²) in [7, 11) is 0. The zero-order valence-corrected chi connectivity index (χ0v) is 9.89. The summed E-state index contributed by atoms with van der Waals surface area (Å²) in [6.07, 6.45) is 1.77. The third kappa shape index (κ3) is 3.09. The molecule has 0 fully saturated rings. The van der Waals surface area contributed by atoms with E-state index in [0.29, 0.717) is 12.3 Å². The molecule has 82 valence electrons. The lowest BCUT2D eigenvalue weighted by Gasteiger charge is -2.41. The van der Waals surface area contributed by atoms with Crippen LogP contribution in [0, 0.1) is 16.4 Å². The van der Waals surface area contributed by atoms with E-state index in [1.165, 1.54) is 0 Å². The number of nitrogens with zero attached hydrogens (tertiary/aromatic N) is 2. The molecular weight excluding hydrogens is 176 g/mol. The molecule has 0 aliphatic rings. The SMILES string of the molecule is CCC(C)(C)C(C)(C)CC(N)=NN=N. The van der Waals surface area contributed by atoms with Crippen LogP contribution in [-0.4, -0.2) is 5.84 Å². The van der Waals surface area contributed by atoms with E-state index in [1.807, 2.05) is 0 Å². The van der Waals surface area contributed by atoms with E-state index in [0.717, 1.165) is 6.42 Å². The quantitative estimate of drug-likeness (QED) is 0.303. The molecule has 0 amide bonds. The summed E-state index contributed by atoms with van der Waals surface area (Å²) in [6.45, 7) is 11.0. The highest BCUT2D eigenvalue weighted by atomic mass is 15.3. The topological polar surface area (TPSA) is 74.6 Å². The highest BCUT2D eigenvalue weighted by molar-refractivity contribution is 5.80. The van der Waals surface area contributed by atoms with Crippen LogP contribution in [-0.2, 0) is 0 Å². The largest absolute Gasteiger partial charge is 0.386 e. The summed E-state index contributed by atoms with van der Waals surface area (Å²) in [5.74, 6) is 0.437. The molecule has 0 spiro atoms. The Balaban J connectivity index is 4.64. The standard InChI is InChI=1S/C10H22N4/c1-6-9(2,3)10(4,5)7-8(11)13-14-12/h6-7H2,1-5H3,(H3,11,12,13). The van der Waals surface area contributed by atoms with Gasteiger partial charge in [-0.05, 0) is 10.8 Å². The maximum absolute atomic E-state index is 6.60. The monoisotopic (exact) mass is 198 g/mol. The van der Waals surface area contributed by atoms with Crippen LogP contribution in [0.5, 0.6) is 0 Å². The van der Waals surface area contributed by atoms with Gasteiger partial charge in [0.2, 0.25) is 0 Å². The Bertz CT molecular complexity index is 228. The van der Waals surface area contributed by atoms with Crippen LogP contribution < -0.4 is 5.73 Å². The number of rotatable bonds is 5. The van der Waals surface area contributed by atoms with Crippen LogP contribution in [0.4, 0.5) is 0 Å². The van der Waals surface area contributed by atoms with Crippen molar-refractivity contribution in [2.45, 2.75) is 47.5 Å². The molecule has 0 aliphatic carbocycles. The first kappa shape index (κ1) is 13.1. The van der Waals surface area contributed by atoms with Crippen LogP contribution in [0.1, 0.15) is 47.5 Å². The molecule has 0 atom stereocenters. The highest BCUT2D eigenvalue weighted by Gasteiger charge is 2.35. The Kier molecular flexibility index (Phi) is 4.23. The Morgan fingerprint density at radius 1 is 1.21 bits per heavy atom. The predicted molar refractivity (Wildman–Crippen MR) is 59.2 cm³/mol. The number of nitrogens with two attached hydrogens (primary N) is 1. The van der Waals surface area contributed by atoms with Gasteiger partial charge >= 0.3 is 0 Å². The van der Waals surface area contributed by atoms with Crippen LogP contribution >= 0.6 is 0 Å². The lowest BCUT2D eigenvalue weighted by molar-refractivity contribution is 0.112. The summed E-state index contributed by atoms with van der Waals surface area (Å²) in [5, 5.41) is 6.48. The molecule has 0 rings (SSSR count). The third-order valence-electron chi connectivity index (χ3n) is 3.52. The van der Waals surface area contributed by atoms with E-state index in [9.17, 15) is 0 Å². The fourth-order valence-corrected chi connectivity index (χ4v) is 1.27. The lowest BCUT2D eigenvalue weighted by Crippen LogP contribution is -2.35. The molecule has 0 aromatic carbocycles. The van der Waals surface area contributed by atoms with Crippen molar-refractivity contribution in [2.75, 3.05) is 0 Å². The maximum Gasteiger partial charge on any atom is 0.124 e. The Labute approximate surface area is 86.5 Å². The normalized spacial score (nSPS) is 14.2. The minimum Gasteiger partial charge on any atom is -0.386 e. The first-order valence-electron chi connectivity index (χ1n) is 4.95. The second kappa shape index (κ2) is 4.53. The van der Waals surface area contributed by atoms with Gasteiger partial charge in [-0.25, -0.2) is 0 Å². The fraction of sp³-hybridized carbons (Fsp3) is 0.900. The summed E-state index contributed by atoms with van der Waals surface area (Å²) in [4.78, 5) is 0. The highest BCUT2D eigenvalue weighted by Crippen LogP contribution is 2.43. The predicted octanol–water partition coefficient (Wildman–Crippen LogP) is 3.14. The molecule has 0 bridgehead atoms. The van der Waals surface area contributed by atoms with Crippen LogP contribution in [0.2, 0.25) is 0 Å². The fourth-order valence-electron chi connectivity index (χ4n) is 1.27. The van der Waals surface area contributed by atoms with Gasteiger partial charge in [-0.1, -0.05) is 46.3 Å². The van der Waals surface area contributed by atoms with E-state index in [4.69, 9.17) is 11.3 Å². The average Bonchev–Trinajstić information content (AvgIpc) is 2.03. The van der Waals surface area contributed by atoms with Crippen LogP contribution in [0.25, 0.3) is 0 Å². The minimum atomic E-state index is 0.0695. The smallest absolute Gasteiger partial charge is 0.124 e. The number of amidine groups is 1. The summed E-state index contributed by atoms with van der Waals surface area (Å²) < 4.78 is 0. The second-order valence-electron chi connectivity index (χ2n) is 4.99. The first-order chi connectivity index (χ1) is 6.27. The molecule has 0 aromatic rings. The van der Waals surface area contributed by atoms with Crippen LogP contribution in [0.15, 0.2) is 10.3 Å². The molecule has 0 heterocycles. The van der Waals surface area contributed by atoms with Crippen molar-refractivity contribution in [3.8, 4) is 0 Å². The number of hydrogen-bond donors (Lipinski definition) is 2. The van der Waals surface area contributed by atoms with Gasteiger partial charge in [0.25, 0.3) is 0 Å². The van der Waals surface area contributed by atoms with Gasteiger partial charge in [-0.2, -0.15) is 5.53 Å². The molecule has 14 heavy (non-hydrogen) atoms. The molecule has 0 unspecified atom stereocenters. The van der Waals surface area contributed by atoms with Crippen molar-refractivity contribution in [1.29, 1.82) is 5.53 Å². The van der Waals surface area contributed by atoms with Crippen molar-refractivity contribution in [3.05, 3.63) is 0 Å². The first-order valence-corrected chi connectivity index (χ1v) is 4.95. The second-order valence-corrected chi connectivity index (χ2v) is 4.99. The van der Waals surface area contributed by atoms with Gasteiger partial charge in [0.05, 0.1) is 0 Å². The molecule has 0 aromatic heterocycles. The van der Waals surface area contributed by atoms with Crippen molar-refractivity contribution in [3.63, 3.8) is 0 Å². The summed E-state index contributed by atoms with van der Waals surface area (Å²) in [5.41, 5.74) is 12.5. The number of nitrogens with one attached hydrogen (secondary N) is 1. The molecule has 0 radical (unpaired) electrons. The van der Waals surface area contributed by atoms with Gasteiger partial charge < -0.3 is 5.73 Å². The van der Waals surface area contributed by atoms with E-state index in [1.54, 1.807) is 0 Å². The molecule has 0 saturated heterocycles. The molecular formula is C10H22N4. The van der Waals surface area contributed by atoms with E-state index >= 15 is 0 Å². The Hall–Kier alpha value is -0.930. The zero-order valence-electron chi connectivity index (χ0n) is 9.89. The molecule has 0 saturated carbocycles. The van der Waals surface area contributed by atoms with E-state index in [2.05, 4.69) is 44.9 Å².